The van der Waals surface area contributed by atoms with Gasteiger partial charge in [0.25, 0.3) is 5.91 Å². The number of fused-ring (bicyclic) bond motifs is 1. The van der Waals surface area contributed by atoms with Crippen molar-refractivity contribution in [3.8, 4) is 0 Å². The maximum Gasteiger partial charge on any atom is 0.407 e. The predicted octanol–water partition coefficient (Wildman–Crippen LogP) is 4.39. The molecule has 0 unspecified atom stereocenters. The van der Waals surface area contributed by atoms with Crippen molar-refractivity contribution in [3.05, 3.63) is 35.0 Å². The Labute approximate surface area is 164 Å². The molecule has 0 saturated heterocycles. The number of H-pyrrole nitrogens is 1. The lowest BCUT2D eigenvalue weighted by atomic mass is 9.90. The van der Waals surface area contributed by atoms with Gasteiger partial charge in [-0.05, 0) is 57.9 Å². The van der Waals surface area contributed by atoms with E-state index in [1.165, 1.54) is 0 Å². The van der Waals surface area contributed by atoms with Crippen LogP contribution in [0.4, 0.5) is 4.79 Å². The minimum absolute atomic E-state index is 0.131. The second-order valence-corrected chi connectivity index (χ2v) is 8.47. The Balaban J connectivity index is 1.67. The van der Waals surface area contributed by atoms with Crippen LogP contribution in [0.25, 0.3) is 10.9 Å². The molecule has 1 heterocycles. The number of carbonyl (C=O) groups excluding carboxylic acids is 2. The molecule has 1 aliphatic carbocycles. The Hall–Kier alpha value is -2.21. The molecule has 7 heteroatoms. The third-order valence-electron chi connectivity index (χ3n) is 4.61. The summed E-state index contributed by atoms with van der Waals surface area (Å²) in [5.41, 5.74) is 0.786. The maximum atomic E-state index is 12.7. The van der Waals surface area contributed by atoms with Crippen LogP contribution >= 0.6 is 11.6 Å². The average Bonchev–Trinajstić information content (AvgIpc) is 2.98. The van der Waals surface area contributed by atoms with Gasteiger partial charge in [-0.3, -0.25) is 4.79 Å². The SMILES string of the molecule is CC(C)(C)OC(=O)N[C@@H]1CCCC[C@@H]1NC(=O)c1cc2cc(Cl)ccc2[nH]1. The summed E-state index contributed by atoms with van der Waals surface area (Å²) in [6, 6.07) is 6.96. The highest BCUT2D eigenvalue weighted by atomic mass is 35.5. The summed E-state index contributed by atoms with van der Waals surface area (Å²) in [6.07, 6.45) is 3.20. The van der Waals surface area contributed by atoms with E-state index in [4.69, 9.17) is 16.3 Å². The molecule has 1 aliphatic rings. The van der Waals surface area contributed by atoms with E-state index in [2.05, 4.69) is 15.6 Å². The fourth-order valence-corrected chi connectivity index (χ4v) is 3.59. The lowest BCUT2D eigenvalue weighted by Gasteiger charge is -2.33. The second kappa shape index (κ2) is 7.80. The average molecular weight is 392 g/mol. The fourth-order valence-electron chi connectivity index (χ4n) is 3.41. The Morgan fingerprint density at radius 2 is 1.78 bits per heavy atom. The molecule has 146 valence electrons. The second-order valence-electron chi connectivity index (χ2n) is 8.03. The summed E-state index contributed by atoms with van der Waals surface area (Å²) >= 11 is 6.01. The van der Waals surface area contributed by atoms with Crippen molar-refractivity contribution in [1.82, 2.24) is 15.6 Å². The van der Waals surface area contributed by atoms with Gasteiger partial charge < -0.3 is 20.4 Å². The van der Waals surface area contributed by atoms with Gasteiger partial charge in [0.1, 0.15) is 11.3 Å². The number of rotatable bonds is 3. The topological polar surface area (TPSA) is 83.2 Å². The molecule has 3 rings (SSSR count). The van der Waals surface area contributed by atoms with Crippen LogP contribution in [0.3, 0.4) is 0 Å². The van der Waals surface area contributed by atoms with Gasteiger partial charge in [-0.15, -0.1) is 0 Å². The quantitative estimate of drug-likeness (QED) is 0.725. The van der Waals surface area contributed by atoms with Crippen LogP contribution < -0.4 is 10.6 Å². The van der Waals surface area contributed by atoms with Gasteiger partial charge in [-0.2, -0.15) is 0 Å². The van der Waals surface area contributed by atoms with Crippen molar-refractivity contribution < 1.29 is 14.3 Å². The summed E-state index contributed by atoms with van der Waals surface area (Å²) < 4.78 is 5.35. The number of benzene rings is 1. The number of aromatic nitrogens is 1. The zero-order chi connectivity index (χ0) is 19.6. The number of alkyl carbamates (subject to hydrolysis) is 1. The first-order valence-electron chi connectivity index (χ1n) is 9.30. The van der Waals surface area contributed by atoms with E-state index in [0.29, 0.717) is 10.7 Å². The van der Waals surface area contributed by atoms with Crippen LogP contribution in [0, 0.1) is 0 Å². The van der Waals surface area contributed by atoms with Gasteiger partial charge in [-0.1, -0.05) is 24.4 Å². The predicted molar refractivity (Wildman–Crippen MR) is 106 cm³/mol. The maximum absolute atomic E-state index is 12.7. The van der Waals surface area contributed by atoms with Crippen LogP contribution in [-0.4, -0.2) is 34.7 Å². The smallest absolute Gasteiger partial charge is 0.407 e. The van der Waals surface area contributed by atoms with Gasteiger partial charge >= 0.3 is 6.09 Å². The number of hydrogen-bond acceptors (Lipinski definition) is 3. The molecule has 0 spiro atoms. The molecule has 2 atom stereocenters. The molecule has 2 amide bonds. The van der Waals surface area contributed by atoms with E-state index in [9.17, 15) is 9.59 Å². The van der Waals surface area contributed by atoms with Crippen LogP contribution in [0.2, 0.25) is 5.02 Å². The van der Waals surface area contributed by atoms with Crippen molar-refractivity contribution in [3.63, 3.8) is 0 Å². The first kappa shape index (κ1) is 19.5. The van der Waals surface area contributed by atoms with Gasteiger partial charge in [0.15, 0.2) is 0 Å². The van der Waals surface area contributed by atoms with E-state index in [1.54, 1.807) is 12.1 Å². The number of aromatic amines is 1. The molecule has 0 radical (unpaired) electrons. The number of halogens is 1. The van der Waals surface area contributed by atoms with E-state index in [0.717, 1.165) is 36.6 Å². The first-order chi connectivity index (χ1) is 12.7. The van der Waals surface area contributed by atoms with Crippen LogP contribution in [0.1, 0.15) is 56.9 Å². The fraction of sp³-hybridized carbons (Fsp3) is 0.500. The standard InChI is InChI=1S/C20H26ClN3O3/c1-20(2,3)27-19(26)24-16-7-5-4-6-15(16)23-18(25)17-11-12-10-13(21)8-9-14(12)22-17/h8-11,15-16,22H,4-7H2,1-3H3,(H,23,25)(H,24,26)/t15-,16+/m0/s1. The zero-order valence-corrected chi connectivity index (χ0v) is 16.7. The Morgan fingerprint density at radius 1 is 1.11 bits per heavy atom. The van der Waals surface area contributed by atoms with Crippen molar-refractivity contribution in [2.24, 2.45) is 0 Å². The summed E-state index contributed by atoms with van der Waals surface area (Å²) in [5, 5.41) is 7.48. The van der Waals surface area contributed by atoms with Crippen LogP contribution in [-0.2, 0) is 4.74 Å². The normalized spacial score (nSPS) is 20.3. The molecular weight excluding hydrogens is 366 g/mol. The van der Waals surface area contributed by atoms with Gasteiger partial charge in [0.05, 0.1) is 6.04 Å². The number of hydrogen-bond donors (Lipinski definition) is 3. The molecular formula is C20H26ClN3O3. The highest BCUT2D eigenvalue weighted by Crippen LogP contribution is 2.22. The van der Waals surface area contributed by atoms with Gasteiger partial charge in [0, 0.05) is 22.0 Å². The number of amides is 2. The summed E-state index contributed by atoms with van der Waals surface area (Å²) in [5.74, 6) is -0.190. The van der Waals surface area contributed by atoms with Crippen molar-refractivity contribution in [1.29, 1.82) is 0 Å². The molecule has 27 heavy (non-hydrogen) atoms. The minimum atomic E-state index is -0.552. The van der Waals surface area contributed by atoms with Gasteiger partial charge in [0.2, 0.25) is 0 Å². The van der Waals surface area contributed by atoms with Crippen molar-refractivity contribution in [2.45, 2.75) is 64.1 Å². The molecule has 2 aromatic rings. The van der Waals surface area contributed by atoms with Crippen LogP contribution in [0.15, 0.2) is 24.3 Å². The largest absolute Gasteiger partial charge is 0.444 e. The van der Waals surface area contributed by atoms with E-state index in [-0.39, 0.29) is 18.0 Å². The minimum Gasteiger partial charge on any atom is -0.444 e. The Bertz CT molecular complexity index is 841. The lowest BCUT2D eigenvalue weighted by molar-refractivity contribution is 0.0474. The molecule has 1 saturated carbocycles. The van der Waals surface area contributed by atoms with Gasteiger partial charge in [-0.25, -0.2) is 4.79 Å². The molecule has 0 bridgehead atoms. The third-order valence-corrected chi connectivity index (χ3v) is 4.85. The number of ether oxygens (including phenoxy) is 1. The molecule has 1 aromatic heterocycles. The molecule has 0 aliphatic heterocycles. The first-order valence-corrected chi connectivity index (χ1v) is 9.68. The zero-order valence-electron chi connectivity index (χ0n) is 15.9. The van der Waals surface area contributed by atoms with E-state index >= 15 is 0 Å². The van der Waals surface area contributed by atoms with Crippen LogP contribution in [0.5, 0.6) is 0 Å². The molecule has 1 fully saturated rings. The number of nitrogens with one attached hydrogen (secondary N) is 3. The Morgan fingerprint density at radius 3 is 2.44 bits per heavy atom. The van der Waals surface area contributed by atoms with Crippen molar-refractivity contribution in [2.75, 3.05) is 0 Å². The molecule has 3 N–H and O–H groups in total. The summed E-state index contributed by atoms with van der Waals surface area (Å²) in [7, 11) is 0. The summed E-state index contributed by atoms with van der Waals surface area (Å²) in [6.45, 7) is 5.48. The third kappa shape index (κ3) is 5.16. The monoisotopic (exact) mass is 391 g/mol. The van der Waals surface area contributed by atoms with E-state index in [1.807, 2.05) is 32.9 Å². The summed E-state index contributed by atoms with van der Waals surface area (Å²) in [4.78, 5) is 27.9. The molecule has 1 aromatic carbocycles. The highest BCUT2D eigenvalue weighted by molar-refractivity contribution is 6.31. The lowest BCUT2D eigenvalue weighted by Crippen LogP contribution is -2.54. The highest BCUT2D eigenvalue weighted by Gasteiger charge is 2.30. The number of carbonyl (C=O) groups is 2. The molecule has 6 nitrogen and oxygen atoms in total. The van der Waals surface area contributed by atoms with Crippen molar-refractivity contribution >= 4 is 34.5 Å². The van der Waals surface area contributed by atoms with E-state index < -0.39 is 11.7 Å². The Kier molecular flexibility index (Phi) is 5.65.